The Morgan fingerprint density at radius 3 is 2.71 bits per heavy atom. The van der Waals surface area contributed by atoms with E-state index in [0.717, 1.165) is 11.3 Å². The first-order valence-electron chi connectivity index (χ1n) is 7.33. The summed E-state index contributed by atoms with van der Waals surface area (Å²) in [7, 11) is 0. The van der Waals surface area contributed by atoms with Crippen LogP contribution in [0.25, 0.3) is 0 Å². The standard InChI is InChI=1S/C17H16ClN3O3/c1-11-2-4-13(5-3-11)19-9-17(22)21-20-8-12-6-15-16(7-14(12)18)24-10-23-15/h2-8,19H,9-10H2,1H3,(H,21,22). The summed E-state index contributed by atoms with van der Waals surface area (Å²) in [6, 6.07) is 11.1. The smallest absolute Gasteiger partial charge is 0.259 e. The van der Waals surface area contributed by atoms with Crippen LogP contribution >= 0.6 is 11.6 Å². The fourth-order valence-electron chi connectivity index (χ4n) is 2.10. The van der Waals surface area contributed by atoms with Crippen LogP contribution in [0.1, 0.15) is 11.1 Å². The second-order valence-corrected chi connectivity index (χ2v) is 5.65. The number of nitrogens with zero attached hydrogens (tertiary/aromatic N) is 1. The van der Waals surface area contributed by atoms with Gasteiger partial charge in [-0.05, 0) is 25.1 Å². The number of carbonyl (C=O) groups is 1. The molecule has 3 rings (SSSR count). The maximum atomic E-state index is 11.8. The molecule has 0 aliphatic carbocycles. The predicted octanol–water partition coefficient (Wildman–Crippen LogP) is 2.94. The lowest BCUT2D eigenvalue weighted by Gasteiger charge is -2.05. The highest BCUT2D eigenvalue weighted by atomic mass is 35.5. The summed E-state index contributed by atoms with van der Waals surface area (Å²) in [5.41, 5.74) is 5.11. The average Bonchev–Trinajstić information content (AvgIpc) is 3.01. The second kappa shape index (κ2) is 7.23. The first kappa shape index (κ1) is 16.1. The van der Waals surface area contributed by atoms with Crippen LogP contribution in [-0.4, -0.2) is 25.5 Å². The first-order chi connectivity index (χ1) is 11.6. The molecule has 124 valence electrons. The molecule has 1 heterocycles. The van der Waals surface area contributed by atoms with Crippen molar-refractivity contribution in [3.05, 3.63) is 52.5 Å². The summed E-state index contributed by atoms with van der Waals surface area (Å²) in [6.45, 7) is 2.30. The van der Waals surface area contributed by atoms with Crippen LogP contribution in [0.5, 0.6) is 11.5 Å². The topological polar surface area (TPSA) is 72.0 Å². The third kappa shape index (κ3) is 3.97. The molecule has 6 nitrogen and oxygen atoms in total. The minimum Gasteiger partial charge on any atom is -0.454 e. The summed E-state index contributed by atoms with van der Waals surface area (Å²) in [5, 5.41) is 7.39. The zero-order chi connectivity index (χ0) is 16.9. The number of amides is 1. The average molecular weight is 346 g/mol. The molecule has 0 aromatic heterocycles. The number of hydrogen-bond donors (Lipinski definition) is 2. The van der Waals surface area contributed by atoms with Crippen LogP contribution in [0, 0.1) is 6.92 Å². The first-order valence-corrected chi connectivity index (χ1v) is 7.71. The van der Waals surface area contributed by atoms with Crippen molar-refractivity contribution in [2.24, 2.45) is 5.10 Å². The number of ether oxygens (including phenoxy) is 2. The van der Waals surface area contributed by atoms with Gasteiger partial charge in [-0.2, -0.15) is 5.10 Å². The minimum atomic E-state index is -0.260. The molecule has 24 heavy (non-hydrogen) atoms. The maximum Gasteiger partial charge on any atom is 0.259 e. The van der Waals surface area contributed by atoms with Gasteiger partial charge < -0.3 is 14.8 Å². The van der Waals surface area contributed by atoms with E-state index in [1.54, 1.807) is 12.1 Å². The van der Waals surface area contributed by atoms with E-state index >= 15 is 0 Å². The van der Waals surface area contributed by atoms with Crippen LogP contribution in [0.2, 0.25) is 5.02 Å². The number of anilines is 1. The minimum absolute atomic E-state index is 0.120. The fraction of sp³-hybridized carbons (Fsp3) is 0.176. The van der Waals surface area contributed by atoms with Crippen molar-refractivity contribution in [2.45, 2.75) is 6.92 Å². The molecule has 0 bridgehead atoms. The van der Waals surface area contributed by atoms with Crippen molar-refractivity contribution in [3.8, 4) is 11.5 Å². The number of nitrogens with one attached hydrogen (secondary N) is 2. The van der Waals surface area contributed by atoms with Crippen LogP contribution in [0.3, 0.4) is 0 Å². The molecule has 2 N–H and O–H groups in total. The van der Waals surface area contributed by atoms with Gasteiger partial charge in [0.05, 0.1) is 17.8 Å². The number of hydrogen-bond acceptors (Lipinski definition) is 5. The van der Waals surface area contributed by atoms with Crippen molar-refractivity contribution in [1.82, 2.24) is 5.43 Å². The molecule has 2 aromatic rings. The molecule has 1 amide bonds. The van der Waals surface area contributed by atoms with Gasteiger partial charge in [-0.15, -0.1) is 0 Å². The van der Waals surface area contributed by atoms with Crippen LogP contribution in [0.4, 0.5) is 5.69 Å². The molecule has 0 unspecified atom stereocenters. The van der Waals surface area contributed by atoms with E-state index in [9.17, 15) is 4.79 Å². The highest BCUT2D eigenvalue weighted by Crippen LogP contribution is 2.36. The van der Waals surface area contributed by atoms with E-state index in [0.29, 0.717) is 22.1 Å². The zero-order valence-electron chi connectivity index (χ0n) is 13.0. The van der Waals surface area contributed by atoms with Gasteiger partial charge in [-0.3, -0.25) is 4.79 Å². The monoisotopic (exact) mass is 345 g/mol. The molecular weight excluding hydrogens is 330 g/mol. The molecule has 0 spiro atoms. The number of halogens is 1. The molecule has 0 fully saturated rings. The number of hydrazone groups is 1. The Balaban J connectivity index is 1.52. The Bertz CT molecular complexity index is 775. The Labute approximate surface area is 144 Å². The van der Waals surface area contributed by atoms with Crippen LogP contribution in [0.15, 0.2) is 41.5 Å². The lowest BCUT2D eigenvalue weighted by atomic mass is 10.2. The van der Waals surface area contributed by atoms with E-state index in [1.165, 1.54) is 6.21 Å². The molecule has 1 aliphatic heterocycles. The third-order valence-electron chi connectivity index (χ3n) is 3.39. The van der Waals surface area contributed by atoms with Gasteiger partial charge in [0.2, 0.25) is 6.79 Å². The molecule has 0 atom stereocenters. The number of rotatable bonds is 5. The molecular formula is C17H16ClN3O3. The highest BCUT2D eigenvalue weighted by Gasteiger charge is 2.15. The van der Waals surface area contributed by atoms with E-state index in [-0.39, 0.29) is 19.2 Å². The normalized spacial score (nSPS) is 12.4. The molecule has 1 aliphatic rings. The Morgan fingerprint density at radius 2 is 1.96 bits per heavy atom. The Kier molecular flexibility index (Phi) is 4.86. The third-order valence-corrected chi connectivity index (χ3v) is 3.72. The molecule has 0 saturated carbocycles. The van der Waals surface area contributed by atoms with Crippen molar-refractivity contribution in [3.63, 3.8) is 0 Å². The van der Waals surface area contributed by atoms with E-state index in [4.69, 9.17) is 21.1 Å². The van der Waals surface area contributed by atoms with Crippen LogP contribution < -0.4 is 20.2 Å². The second-order valence-electron chi connectivity index (χ2n) is 5.24. The summed E-state index contributed by atoms with van der Waals surface area (Å²) < 4.78 is 10.5. The number of aryl methyl sites for hydroxylation is 1. The van der Waals surface area contributed by atoms with Crippen molar-refractivity contribution < 1.29 is 14.3 Å². The van der Waals surface area contributed by atoms with Gasteiger partial charge in [0.25, 0.3) is 5.91 Å². The Hall–Kier alpha value is -2.73. The van der Waals surface area contributed by atoms with Crippen molar-refractivity contribution in [1.29, 1.82) is 0 Å². The van der Waals surface area contributed by atoms with E-state index < -0.39 is 0 Å². The van der Waals surface area contributed by atoms with Gasteiger partial charge >= 0.3 is 0 Å². The van der Waals surface area contributed by atoms with Gasteiger partial charge in [0, 0.05) is 17.3 Å². The van der Waals surface area contributed by atoms with Gasteiger partial charge in [0.1, 0.15) is 0 Å². The largest absolute Gasteiger partial charge is 0.454 e. The van der Waals surface area contributed by atoms with Gasteiger partial charge in [0.15, 0.2) is 11.5 Å². The summed E-state index contributed by atoms with van der Waals surface area (Å²) in [4.78, 5) is 11.8. The highest BCUT2D eigenvalue weighted by molar-refractivity contribution is 6.33. The summed E-state index contributed by atoms with van der Waals surface area (Å²) in [6.07, 6.45) is 1.47. The van der Waals surface area contributed by atoms with Gasteiger partial charge in [-0.1, -0.05) is 29.3 Å². The van der Waals surface area contributed by atoms with Gasteiger partial charge in [-0.25, -0.2) is 5.43 Å². The number of fused-ring (bicyclic) bond motifs is 1. The summed E-state index contributed by atoms with van der Waals surface area (Å²) >= 11 is 6.13. The number of benzene rings is 2. The Morgan fingerprint density at radius 1 is 1.25 bits per heavy atom. The van der Waals surface area contributed by atoms with E-state index in [2.05, 4.69) is 15.8 Å². The number of carbonyl (C=O) groups excluding carboxylic acids is 1. The molecule has 0 saturated heterocycles. The van der Waals surface area contributed by atoms with Crippen LogP contribution in [-0.2, 0) is 4.79 Å². The fourth-order valence-corrected chi connectivity index (χ4v) is 2.30. The molecule has 0 radical (unpaired) electrons. The van der Waals surface area contributed by atoms with E-state index in [1.807, 2.05) is 31.2 Å². The zero-order valence-corrected chi connectivity index (χ0v) is 13.8. The quantitative estimate of drug-likeness (QED) is 0.645. The molecule has 7 heteroatoms. The lowest BCUT2D eigenvalue weighted by molar-refractivity contribution is -0.119. The van der Waals surface area contributed by atoms with Crippen molar-refractivity contribution in [2.75, 3.05) is 18.7 Å². The predicted molar refractivity (Wildman–Crippen MR) is 93.0 cm³/mol. The maximum absolute atomic E-state index is 11.8. The van der Waals surface area contributed by atoms with Crippen molar-refractivity contribution >= 4 is 29.4 Å². The summed E-state index contributed by atoms with van der Waals surface area (Å²) in [5.74, 6) is 0.945. The lowest BCUT2D eigenvalue weighted by Crippen LogP contribution is -2.25. The molecule has 2 aromatic carbocycles. The SMILES string of the molecule is Cc1ccc(NCC(=O)NN=Cc2cc3c(cc2Cl)OCO3)cc1.